The average Bonchev–Trinajstić information content (AvgIpc) is 3.12. The third-order valence-corrected chi connectivity index (χ3v) is 7.36. The van der Waals surface area contributed by atoms with E-state index >= 15 is 0 Å². The maximum absolute atomic E-state index is 12.5. The highest BCUT2D eigenvalue weighted by atomic mass is 16.2. The molecule has 0 atom stereocenters. The van der Waals surface area contributed by atoms with E-state index in [1.54, 1.807) is 12.7 Å². The van der Waals surface area contributed by atoms with Gasteiger partial charge in [-0.1, -0.05) is 0 Å². The van der Waals surface area contributed by atoms with Crippen molar-refractivity contribution in [2.75, 3.05) is 26.2 Å². The number of rotatable bonds is 4. The summed E-state index contributed by atoms with van der Waals surface area (Å²) in [7, 11) is 0. The molecular formula is C19H29N5O. The van der Waals surface area contributed by atoms with Crippen molar-refractivity contribution in [1.29, 1.82) is 0 Å². The summed E-state index contributed by atoms with van der Waals surface area (Å²) < 4.78 is 1.88. The molecule has 0 radical (unpaired) electrons. The van der Waals surface area contributed by atoms with Gasteiger partial charge in [0.15, 0.2) is 0 Å². The molecule has 4 bridgehead atoms. The number of aryl methyl sites for hydroxylation is 1. The minimum Gasteiger partial charge on any atom is -0.340 e. The molecule has 5 fully saturated rings. The van der Waals surface area contributed by atoms with E-state index in [4.69, 9.17) is 0 Å². The number of hydrogen-bond acceptors (Lipinski definition) is 4. The van der Waals surface area contributed by atoms with Gasteiger partial charge < -0.3 is 9.47 Å². The first-order valence-corrected chi connectivity index (χ1v) is 10.1. The fraction of sp³-hybridized carbons (Fsp3) is 0.842. The Kier molecular flexibility index (Phi) is 3.84. The van der Waals surface area contributed by atoms with E-state index in [1.165, 1.54) is 38.5 Å². The Morgan fingerprint density at radius 2 is 1.48 bits per heavy atom. The zero-order valence-corrected chi connectivity index (χ0v) is 15.0. The topological polar surface area (TPSA) is 54.3 Å². The van der Waals surface area contributed by atoms with Crippen LogP contribution in [0.3, 0.4) is 0 Å². The number of nitrogens with zero attached hydrogens (tertiary/aromatic N) is 5. The summed E-state index contributed by atoms with van der Waals surface area (Å²) in [4.78, 5) is 17.4. The summed E-state index contributed by atoms with van der Waals surface area (Å²) in [5.41, 5.74) is 0.492. The van der Waals surface area contributed by atoms with E-state index in [1.807, 2.05) is 4.57 Å². The van der Waals surface area contributed by atoms with Gasteiger partial charge in [0.1, 0.15) is 12.7 Å². The van der Waals surface area contributed by atoms with E-state index in [0.29, 0.717) is 18.5 Å². The summed E-state index contributed by atoms with van der Waals surface area (Å²) in [6, 6.07) is 0. The van der Waals surface area contributed by atoms with Crippen LogP contribution in [-0.2, 0) is 11.3 Å². The minimum atomic E-state index is 0.277. The number of carbonyl (C=O) groups is 1. The van der Waals surface area contributed by atoms with Crippen LogP contribution in [0.15, 0.2) is 12.7 Å². The highest BCUT2D eigenvalue weighted by molar-refractivity contribution is 5.76. The molecule has 1 aliphatic heterocycles. The van der Waals surface area contributed by atoms with E-state index in [2.05, 4.69) is 20.0 Å². The normalized spacial score (nSPS) is 37.6. The zero-order chi connectivity index (χ0) is 16.9. The van der Waals surface area contributed by atoms with Crippen LogP contribution < -0.4 is 0 Å². The predicted octanol–water partition coefficient (Wildman–Crippen LogP) is 1.78. The lowest BCUT2D eigenvalue weighted by Gasteiger charge is -2.61. The van der Waals surface area contributed by atoms with Crippen LogP contribution in [-0.4, -0.2) is 62.2 Å². The van der Waals surface area contributed by atoms with Crippen molar-refractivity contribution in [2.45, 2.75) is 57.0 Å². The molecule has 0 N–H and O–H groups in total. The van der Waals surface area contributed by atoms with Gasteiger partial charge in [-0.15, -0.1) is 10.2 Å². The molecule has 1 amide bonds. The Balaban J connectivity index is 1.17. The summed E-state index contributed by atoms with van der Waals surface area (Å²) in [6.45, 7) is 4.64. The summed E-state index contributed by atoms with van der Waals surface area (Å²) in [5.74, 6) is 3.26. The molecule has 1 aromatic rings. The molecule has 1 aromatic heterocycles. The molecular weight excluding hydrogens is 314 g/mol. The number of piperazine rings is 1. The second-order valence-electron chi connectivity index (χ2n) is 8.96. The molecule has 1 saturated heterocycles. The summed E-state index contributed by atoms with van der Waals surface area (Å²) in [6.07, 6.45) is 12.7. The smallest absolute Gasteiger partial charge is 0.224 e. The van der Waals surface area contributed by atoms with Crippen molar-refractivity contribution in [3.63, 3.8) is 0 Å². The Labute approximate surface area is 149 Å². The van der Waals surface area contributed by atoms with Crippen molar-refractivity contribution in [1.82, 2.24) is 24.6 Å². The highest BCUT2D eigenvalue weighted by Crippen LogP contribution is 2.57. The van der Waals surface area contributed by atoms with Gasteiger partial charge >= 0.3 is 0 Å². The van der Waals surface area contributed by atoms with Crippen molar-refractivity contribution < 1.29 is 4.79 Å². The predicted molar refractivity (Wildman–Crippen MR) is 93.7 cm³/mol. The fourth-order valence-electron chi connectivity index (χ4n) is 6.60. The first kappa shape index (κ1) is 15.8. The summed E-state index contributed by atoms with van der Waals surface area (Å²) in [5, 5.41) is 7.59. The van der Waals surface area contributed by atoms with Crippen LogP contribution in [0.5, 0.6) is 0 Å². The van der Waals surface area contributed by atoms with Crippen molar-refractivity contribution >= 4 is 5.91 Å². The first-order valence-electron chi connectivity index (χ1n) is 10.1. The molecule has 136 valence electrons. The Morgan fingerprint density at radius 1 is 0.920 bits per heavy atom. The van der Waals surface area contributed by atoms with Crippen LogP contribution in [0.25, 0.3) is 0 Å². The SMILES string of the molecule is O=C(CCn1cnnc1)N1CCN(C23CC4CC(CC(C4)C2)C3)CC1. The van der Waals surface area contributed by atoms with Crippen LogP contribution >= 0.6 is 0 Å². The Morgan fingerprint density at radius 3 is 2.04 bits per heavy atom. The van der Waals surface area contributed by atoms with Gasteiger partial charge in [-0.3, -0.25) is 9.69 Å². The number of carbonyl (C=O) groups excluding carboxylic acids is 1. The van der Waals surface area contributed by atoms with Gasteiger partial charge in [0.05, 0.1) is 0 Å². The van der Waals surface area contributed by atoms with Gasteiger partial charge in [-0.2, -0.15) is 0 Å². The monoisotopic (exact) mass is 343 g/mol. The average molecular weight is 343 g/mol. The second-order valence-corrected chi connectivity index (χ2v) is 8.96. The third kappa shape index (κ3) is 2.88. The van der Waals surface area contributed by atoms with Gasteiger partial charge in [0.2, 0.25) is 5.91 Å². The molecule has 25 heavy (non-hydrogen) atoms. The number of aromatic nitrogens is 3. The van der Waals surface area contributed by atoms with E-state index in [9.17, 15) is 4.79 Å². The molecule has 0 aromatic carbocycles. The maximum Gasteiger partial charge on any atom is 0.224 e. The van der Waals surface area contributed by atoms with Crippen molar-refractivity contribution in [2.24, 2.45) is 17.8 Å². The van der Waals surface area contributed by atoms with Gasteiger partial charge in [-0.05, 0) is 56.3 Å². The van der Waals surface area contributed by atoms with Gasteiger partial charge in [0, 0.05) is 44.7 Å². The minimum absolute atomic E-state index is 0.277. The van der Waals surface area contributed by atoms with Crippen LogP contribution in [0, 0.1) is 17.8 Å². The van der Waals surface area contributed by atoms with E-state index < -0.39 is 0 Å². The molecule has 4 saturated carbocycles. The lowest BCUT2D eigenvalue weighted by atomic mass is 9.52. The zero-order valence-electron chi connectivity index (χ0n) is 15.0. The largest absolute Gasteiger partial charge is 0.340 e. The molecule has 6 nitrogen and oxygen atoms in total. The van der Waals surface area contributed by atoms with Gasteiger partial charge in [0.25, 0.3) is 0 Å². The summed E-state index contributed by atoms with van der Waals surface area (Å²) >= 11 is 0. The molecule has 2 heterocycles. The molecule has 4 aliphatic carbocycles. The maximum atomic E-state index is 12.5. The second kappa shape index (κ2) is 6.08. The quantitative estimate of drug-likeness (QED) is 0.836. The van der Waals surface area contributed by atoms with E-state index in [0.717, 1.165) is 43.9 Å². The fourth-order valence-corrected chi connectivity index (χ4v) is 6.60. The van der Waals surface area contributed by atoms with E-state index in [-0.39, 0.29) is 5.91 Å². The Bertz CT molecular complexity index is 584. The highest BCUT2D eigenvalue weighted by Gasteiger charge is 2.53. The van der Waals surface area contributed by atoms with Crippen LogP contribution in [0.4, 0.5) is 0 Å². The molecule has 0 spiro atoms. The first-order chi connectivity index (χ1) is 12.2. The number of amides is 1. The van der Waals surface area contributed by atoms with Crippen LogP contribution in [0.2, 0.25) is 0 Å². The molecule has 0 unspecified atom stereocenters. The molecule has 6 heteroatoms. The third-order valence-electron chi connectivity index (χ3n) is 7.36. The van der Waals surface area contributed by atoms with Gasteiger partial charge in [-0.25, -0.2) is 0 Å². The lowest BCUT2D eigenvalue weighted by Crippen LogP contribution is -2.64. The van der Waals surface area contributed by atoms with Crippen molar-refractivity contribution in [3.05, 3.63) is 12.7 Å². The molecule has 5 aliphatic rings. The standard InChI is InChI=1S/C19H29N5O/c25-18(1-2-22-13-20-21-14-22)23-3-5-24(6-4-23)19-10-15-7-16(11-19)9-17(8-15)12-19/h13-17H,1-12H2. The van der Waals surface area contributed by atoms with Crippen molar-refractivity contribution in [3.8, 4) is 0 Å². The lowest BCUT2D eigenvalue weighted by molar-refractivity contribution is -0.138. The van der Waals surface area contributed by atoms with Crippen LogP contribution in [0.1, 0.15) is 44.9 Å². The Hall–Kier alpha value is -1.43. The molecule has 6 rings (SSSR count). The number of hydrogen-bond donors (Lipinski definition) is 0.